The Hall–Kier alpha value is -0.950. The first-order chi connectivity index (χ1) is 9.52. The highest BCUT2D eigenvalue weighted by Crippen LogP contribution is 2.30. The van der Waals surface area contributed by atoms with Gasteiger partial charge < -0.3 is 4.74 Å². The molecular weight excluding hydrogens is 365 g/mol. The molecule has 2 heterocycles. The van der Waals surface area contributed by atoms with Gasteiger partial charge in [0, 0.05) is 9.13 Å². The summed E-state index contributed by atoms with van der Waals surface area (Å²) in [5.41, 5.74) is 1.06. The minimum absolute atomic E-state index is 0.00359. The zero-order valence-corrected chi connectivity index (χ0v) is 13.9. The highest BCUT2D eigenvalue weighted by Gasteiger charge is 2.31. The predicted octanol–water partition coefficient (Wildman–Crippen LogP) is 3.51. The molecule has 0 amide bonds. The van der Waals surface area contributed by atoms with Crippen LogP contribution in [-0.4, -0.2) is 26.5 Å². The fraction of sp³-hybridized carbons (Fsp3) is 0.467. The van der Waals surface area contributed by atoms with Gasteiger partial charge in [-0.25, -0.2) is 9.67 Å². The van der Waals surface area contributed by atoms with Crippen molar-refractivity contribution in [3.63, 3.8) is 0 Å². The Balaban J connectivity index is 1.71. The van der Waals surface area contributed by atoms with Crippen molar-refractivity contribution >= 4 is 22.6 Å². The molecule has 1 aromatic heterocycles. The van der Waals surface area contributed by atoms with Gasteiger partial charge in [-0.2, -0.15) is 5.10 Å². The van der Waals surface area contributed by atoms with Gasteiger partial charge in [0.05, 0.1) is 18.2 Å². The molecule has 20 heavy (non-hydrogen) atoms. The summed E-state index contributed by atoms with van der Waals surface area (Å²) in [6.45, 7) is 5.07. The maximum Gasteiger partial charge on any atom is 0.181 e. The van der Waals surface area contributed by atoms with Gasteiger partial charge in [0.2, 0.25) is 0 Å². The number of hydrogen-bond acceptors (Lipinski definition) is 3. The van der Waals surface area contributed by atoms with Gasteiger partial charge in [-0.3, -0.25) is 0 Å². The van der Waals surface area contributed by atoms with E-state index in [2.05, 4.69) is 58.7 Å². The molecule has 0 spiro atoms. The van der Waals surface area contributed by atoms with E-state index in [1.54, 1.807) is 6.33 Å². The van der Waals surface area contributed by atoms with Crippen LogP contribution in [0.1, 0.15) is 26.7 Å². The van der Waals surface area contributed by atoms with Crippen LogP contribution in [0.4, 0.5) is 0 Å². The molecule has 1 fully saturated rings. The van der Waals surface area contributed by atoms with Gasteiger partial charge >= 0.3 is 0 Å². The molecule has 1 aromatic carbocycles. The van der Waals surface area contributed by atoms with Crippen molar-refractivity contribution in [2.45, 2.75) is 44.9 Å². The summed E-state index contributed by atoms with van der Waals surface area (Å²) in [4.78, 5) is 4.40. The lowest BCUT2D eigenvalue weighted by Crippen LogP contribution is -2.23. The topological polar surface area (TPSA) is 39.9 Å². The number of hydrogen-bond donors (Lipinski definition) is 0. The number of nitrogens with zero attached hydrogens (tertiary/aromatic N) is 3. The molecule has 1 saturated heterocycles. The summed E-state index contributed by atoms with van der Waals surface area (Å²) in [6, 6.07) is 8.22. The second-order valence-electron chi connectivity index (χ2n) is 5.84. The molecular formula is C15H18IN3O. The Morgan fingerprint density at radius 3 is 3.00 bits per heavy atom. The summed E-state index contributed by atoms with van der Waals surface area (Å²) < 4.78 is 9.08. The smallest absolute Gasteiger partial charge is 0.181 e. The fourth-order valence-corrected chi connectivity index (χ4v) is 3.10. The SMILES string of the molecule is CC1(C)CCC(Cn2cnc(-c3cccc(I)c3)n2)O1. The molecule has 0 aliphatic carbocycles. The van der Waals surface area contributed by atoms with E-state index in [9.17, 15) is 0 Å². The van der Waals surface area contributed by atoms with Crippen LogP contribution in [0, 0.1) is 3.57 Å². The van der Waals surface area contributed by atoms with Gasteiger partial charge in [-0.1, -0.05) is 12.1 Å². The van der Waals surface area contributed by atoms with Gasteiger partial charge in [0.15, 0.2) is 5.82 Å². The first-order valence-corrected chi connectivity index (χ1v) is 7.93. The van der Waals surface area contributed by atoms with E-state index < -0.39 is 0 Å². The standard InChI is InChI=1S/C15H18IN3O/c1-15(2)7-6-13(20-15)9-19-10-17-14(18-19)11-4-3-5-12(16)8-11/h3-5,8,10,13H,6-7,9H2,1-2H3. The number of aromatic nitrogens is 3. The van der Waals surface area contributed by atoms with E-state index in [1.165, 1.54) is 3.57 Å². The van der Waals surface area contributed by atoms with Crippen LogP contribution in [0.15, 0.2) is 30.6 Å². The van der Waals surface area contributed by atoms with Crippen molar-refractivity contribution < 1.29 is 4.74 Å². The second kappa shape index (κ2) is 5.44. The summed E-state index contributed by atoms with van der Waals surface area (Å²) in [5, 5.41) is 4.56. The predicted molar refractivity (Wildman–Crippen MR) is 86.4 cm³/mol. The maximum absolute atomic E-state index is 6.00. The third kappa shape index (κ3) is 3.20. The second-order valence-corrected chi connectivity index (χ2v) is 7.08. The van der Waals surface area contributed by atoms with Crippen LogP contribution >= 0.6 is 22.6 Å². The van der Waals surface area contributed by atoms with Crippen molar-refractivity contribution in [1.29, 1.82) is 0 Å². The average molecular weight is 383 g/mol. The third-order valence-electron chi connectivity index (χ3n) is 3.56. The molecule has 1 aliphatic rings. The summed E-state index contributed by atoms with van der Waals surface area (Å²) in [5.74, 6) is 0.778. The highest BCUT2D eigenvalue weighted by atomic mass is 127. The number of ether oxygens (including phenoxy) is 1. The molecule has 3 rings (SSSR count). The van der Waals surface area contributed by atoms with Gasteiger partial charge in [0.1, 0.15) is 6.33 Å². The zero-order valence-electron chi connectivity index (χ0n) is 11.7. The first-order valence-electron chi connectivity index (χ1n) is 6.85. The summed E-state index contributed by atoms with van der Waals surface area (Å²) in [6.07, 6.45) is 4.24. The Morgan fingerprint density at radius 1 is 1.45 bits per heavy atom. The summed E-state index contributed by atoms with van der Waals surface area (Å²) >= 11 is 2.30. The molecule has 0 N–H and O–H groups in total. The van der Waals surface area contributed by atoms with Crippen LogP contribution < -0.4 is 0 Å². The van der Waals surface area contributed by atoms with Crippen LogP contribution in [0.5, 0.6) is 0 Å². The average Bonchev–Trinajstić information content (AvgIpc) is 2.97. The van der Waals surface area contributed by atoms with Gasteiger partial charge in [-0.05, 0) is 61.4 Å². The van der Waals surface area contributed by atoms with Crippen LogP contribution in [0.3, 0.4) is 0 Å². The normalized spacial score (nSPS) is 21.2. The van der Waals surface area contributed by atoms with Crippen LogP contribution in [-0.2, 0) is 11.3 Å². The van der Waals surface area contributed by atoms with Crippen molar-refractivity contribution in [2.75, 3.05) is 0 Å². The van der Waals surface area contributed by atoms with Crippen LogP contribution in [0.25, 0.3) is 11.4 Å². The van der Waals surface area contributed by atoms with Crippen molar-refractivity contribution in [3.8, 4) is 11.4 Å². The molecule has 0 bridgehead atoms. The monoisotopic (exact) mass is 383 g/mol. The van der Waals surface area contributed by atoms with E-state index in [0.717, 1.165) is 30.8 Å². The lowest BCUT2D eigenvalue weighted by molar-refractivity contribution is -0.0229. The first kappa shape index (κ1) is 14.0. The lowest BCUT2D eigenvalue weighted by atomic mass is 10.1. The van der Waals surface area contributed by atoms with E-state index in [4.69, 9.17) is 4.74 Å². The largest absolute Gasteiger partial charge is 0.370 e. The van der Waals surface area contributed by atoms with Crippen molar-refractivity contribution in [1.82, 2.24) is 14.8 Å². The molecule has 106 valence electrons. The maximum atomic E-state index is 6.00. The molecule has 5 heteroatoms. The van der Waals surface area contributed by atoms with Crippen LogP contribution in [0.2, 0.25) is 0 Å². The summed E-state index contributed by atoms with van der Waals surface area (Å²) in [7, 11) is 0. The van der Waals surface area contributed by atoms with Crippen molar-refractivity contribution in [3.05, 3.63) is 34.2 Å². The van der Waals surface area contributed by atoms with E-state index in [0.29, 0.717) is 0 Å². The van der Waals surface area contributed by atoms with Gasteiger partial charge in [-0.15, -0.1) is 0 Å². The molecule has 1 atom stereocenters. The Bertz CT molecular complexity index is 609. The Kier molecular flexibility index (Phi) is 3.81. The number of benzene rings is 1. The Morgan fingerprint density at radius 2 is 2.30 bits per heavy atom. The van der Waals surface area contributed by atoms with Gasteiger partial charge in [0.25, 0.3) is 0 Å². The zero-order chi connectivity index (χ0) is 14.2. The molecule has 0 saturated carbocycles. The highest BCUT2D eigenvalue weighted by molar-refractivity contribution is 14.1. The van der Waals surface area contributed by atoms with E-state index in [-0.39, 0.29) is 11.7 Å². The molecule has 4 nitrogen and oxygen atoms in total. The quantitative estimate of drug-likeness (QED) is 0.762. The fourth-order valence-electron chi connectivity index (χ4n) is 2.56. The van der Waals surface area contributed by atoms with Crippen molar-refractivity contribution in [2.24, 2.45) is 0 Å². The molecule has 1 unspecified atom stereocenters. The molecule has 2 aromatic rings. The van der Waals surface area contributed by atoms with E-state index >= 15 is 0 Å². The number of rotatable bonds is 3. The lowest BCUT2D eigenvalue weighted by Gasteiger charge is -2.18. The minimum Gasteiger partial charge on any atom is -0.370 e. The Labute approximate surface area is 132 Å². The minimum atomic E-state index is 0.00359. The molecule has 0 radical (unpaired) electrons. The van der Waals surface area contributed by atoms with E-state index in [1.807, 2.05) is 16.8 Å². The number of halogens is 1. The third-order valence-corrected chi connectivity index (χ3v) is 4.24. The molecule has 1 aliphatic heterocycles.